The van der Waals surface area contributed by atoms with Crippen molar-refractivity contribution in [1.29, 1.82) is 0 Å². The van der Waals surface area contributed by atoms with E-state index in [0.717, 1.165) is 0 Å². The molecule has 8 heteroatoms. The van der Waals surface area contributed by atoms with Crippen LogP contribution < -0.4 is 16.0 Å². The maximum absolute atomic E-state index is 11.8. The van der Waals surface area contributed by atoms with Gasteiger partial charge in [0.15, 0.2) is 0 Å². The zero-order valence-electron chi connectivity index (χ0n) is 13.4. The number of amides is 3. The number of nitrogens with one attached hydrogen (secondary N) is 3. The highest BCUT2D eigenvalue weighted by Crippen LogP contribution is 2.09. The van der Waals surface area contributed by atoms with Crippen LogP contribution >= 0.6 is 11.6 Å². The van der Waals surface area contributed by atoms with Gasteiger partial charge in [0.1, 0.15) is 5.76 Å². The molecule has 0 aliphatic rings. The van der Waals surface area contributed by atoms with Crippen molar-refractivity contribution in [1.82, 2.24) is 16.0 Å². The molecule has 1 aromatic carbocycles. The highest BCUT2D eigenvalue weighted by Gasteiger charge is 2.08. The van der Waals surface area contributed by atoms with Crippen LogP contribution in [0.4, 0.5) is 0 Å². The lowest BCUT2D eigenvalue weighted by atomic mass is 10.2. The predicted octanol–water partition coefficient (Wildman–Crippen LogP) is 1.49. The van der Waals surface area contributed by atoms with Gasteiger partial charge in [0.2, 0.25) is 11.8 Å². The number of rotatable bonds is 8. The van der Waals surface area contributed by atoms with Crippen LogP contribution in [0.3, 0.4) is 0 Å². The summed E-state index contributed by atoms with van der Waals surface area (Å²) in [5.41, 5.74) is 0.460. The lowest BCUT2D eigenvalue weighted by molar-refractivity contribution is -0.126. The van der Waals surface area contributed by atoms with E-state index >= 15 is 0 Å². The SMILES string of the molecule is O=C(CCNC(=O)c1ccc(Cl)cc1)NCC(=O)NCc1ccco1. The fourth-order valence-corrected chi connectivity index (χ4v) is 2.05. The molecule has 2 aromatic rings. The number of hydrogen-bond acceptors (Lipinski definition) is 4. The van der Waals surface area contributed by atoms with Crippen LogP contribution in [0.25, 0.3) is 0 Å². The molecule has 3 amide bonds. The first-order valence-corrected chi connectivity index (χ1v) is 8.02. The van der Waals surface area contributed by atoms with Gasteiger partial charge in [-0.2, -0.15) is 0 Å². The molecule has 0 saturated carbocycles. The molecule has 0 saturated heterocycles. The van der Waals surface area contributed by atoms with E-state index in [9.17, 15) is 14.4 Å². The second kappa shape index (κ2) is 9.48. The number of hydrogen-bond donors (Lipinski definition) is 3. The second-order valence-corrected chi connectivity index (χ2v) is 5.58. The fourth-order valence-electron chi connectivity index (χ4n) is 1.92. The molecular weight excluding hydrogens is 346 g/mol. The topological polar surface area (TPSA) is 100 Å². The first-order valence-electron chi connectivity index (χ1n) is 7.64. The van der Waals surface area contributed by atoms with Gasteiger partial charge in [0.05, 0.1) is 19.4 Å². The molecule has 0 unspecified atom stereocenters. The molecule has 3 N–H and O–H groups in total. The van der Waals surface area contributed by atoms with Gasteiger partial charge in [0.25, 0.3) is 5.91 Å². The summed E-state index contributed by atoms with van der Waals surface area (Å²) in [6, 6.07) is 9.89. The third kappa shape index (κ3) is 6.68. The van der Waals surface area contributed by atoms with Crippen molar-refractivity contribution in [3.63, 3.8) is 0 Å². The number of halogens is 1. The van der Waals surface area contributed by atoms with E-state index < -0.39 is 0 Å². The number of benzene rings is 1. The van der Waals surface area contributed by atoms with Crippen molar-refractivity contribution in [2.45, 2.75) is 13.0 Å². The van der Waals surface area contributed by atoms with Crippen molar-refractivity contribution in [3.05, 3.63) is 59.0 Å². The Hall–Kier alpha value is -2.80. The van der Waals surface area contributed by atoms with E-state index in [4.69, 9.17) is 16.0 Å². The van der Waals surface area contributed by atoms with Gasteiger partial charge in [-0.25, -0.2) is 0 Å². The minimum atomic E-state index is -0.329. The molecule has 0 spiro atoms. The van der Waals surface area contributed by atoms with Crippen LogP contribution in [0.15, 0.2) is 47.1 Å². The molecule has 0 bridgehead atoms. The minimum absolute atomic E-state index is 0.0742. The summed E-state index contributed by atoms with van der Waals surface area (Å²) in [4.78, 5) is 35.1. The molecule has 0 aliphatic heterocycles. The molecule has 25 heavy (non-hydrogen) atoms. The van der Waals surface area contributed by atoms with Crippen molar-refractivity contribution >= 4 is 29.3 Å². The average Bonchev–Trinajstić information content (AvgIpc) is 3.12. The van der Waals surface area contributed by atoms with Crippen molar-refractivity contribution in [2.75, 3.05) is 13.1 Å². The van der Waals surface area contributed by atoms with E-state index in [0.29, 0.717) is 16.3 Å². The Morgan fingerprint density at radius 1 is 0.960 bits per heavy atom. The summed E-state index contributed by atoms with van der Waals surface area (Å²) in [5.74, 6) is -0.315. The molecule has 0 fully saturated rings. The lowest BCUT2D eigenvalue weighted by Crippen LogP contribution is -2.38. The second-order valence-electron chi connectivity index (χ2n) is 5.15. The van der Waals surface area contributed by atoms with Crippen LogP contribution in [0, 0.1) is 0 Å². The number of carbonyl (C=O) groups excluding carboxylic acids is 3. The smallest absolute Gasteiger partial charge is 0.251 e. The maximum atomic E-state index is 11.8. The molecule has 2 rings (SSSR count). The van der Waals surface area contributed by atoms with E-state index in [-0.39, 0.29) is 43.8 Å². The summed E-state index contributed by atoms with van der Waals surface area (Å²) in [6.07, 6.45) is 1.59. The van der Waals surface area contributed by atoms with Gasteiger partial charge >= 0.3 is 0 Å². The standard InChI is InChI=1S/C17H18ClN3O4/c18-13-5-3-12(4-6-13)17(24)19-8-7-15(22)21-11-16(23)20-10-14-2-1-9-25-14/h1-6,9H,7-8,10-11H2,(H,19,24)(H,20,23)(H,21,22). The molecule has 0 aliphatic carbocycles. The minimum Gasteiger partial charge on any atom is -0.467 e. The largest absolute Gasteiger partial charge is 0.467 e. The Kier molecular flexibility index (Phi) is 7.03. The van der Waals surface area contributed by atoms with Gasteiger partial charge in [-0.05, 0) is 36.4 Å². The molecule has 132 valence electrons. The van der Waals surface area contributed by atoms with Gasteiger partial charge in [-0.3, -0.25) is 14.4 Å². The average molecular weight is 364 g/mol. The Balaban J connectivity index is 1.59. The maximum Gasteiger partial charge on any atom is 0.251 e. The lowest BCUT2D eigenvalue weighted by Gasteiger charge is -2.07. The first kappa shape index (κ1) is 18.5. The molecule has 0 atom stereocenters. The zero-order chi connectivity index (χ0) is 18.1. The fraction of sp³-hybridized carbons (Fsp3) is 0.235. The third-order valence-corrected chi connectivity index (χ3v) is 3.48. The van der Waals surface area contributed by atoms with Crippen LogP contribution in [0.5, 0.6) is 0 Å². The highest BCUT2D eigenvalue weighted by atomic mass is 35.5. The van der Waals surface area contributed by atoms with Crippen LogP contribution in [0.2, 0.25) is 5.02 Å². The molecule has 7 nitrogen and oxygen atoms in total. The Morgan fingerprint density at radius 2 is 1.72 bits per heavy atom. The summed E-state index contributed by atoms with van der Waals surface area (Å²) in [7, 11) is 0. The summed E-state index contributed by atoms with van der Waals surface area (Å²) in [5, 5.41) is 8.26. The van der Waals surface area contributed by atoms with Crippen molar-refractivity contribution in [2.24, 2.45) is 0 Å². The van der Waals surface area contributed by atoms with Gasteiger partial charge in [-0.1, -0.05) is 11.6 Å². The Labute approximate surface area is 149 Å². The summed E-state index contributed by atoms with van der Waals surface area (Å²) < 4.78 is 5.08. The zero-order valence-corrected chi connectivity index (χ0v) is 14.1. The van der Waals surface area contributed by atoms with Crippen molar-refractivity contribution < 1.29 is 18.8 Å². The Bertz CT molecular complexity index is 714. The van der Waals surface area contributed by atoms with Crippen molar-refractivity contribution in [3.8, 4) is 0 Å². The van der Waals surface area contributed by atoms with E-state index in [1.807, 2.05) is 0 Å². The number of furan rings is 1. The summed E-state index contributed by atoms with van der Waals surface area (Å²) in [6.45, 7) is 0.296. The normalized spacial score (nSPS) is 10.1. The monoisotopic (exact) mass is 363 g/mol. The molecule has 1 heterocycles. The van der Waals surface area contributed by atoms with Crippen LogP contribution in [-0.2, 0) is 16.1 Å². The van der Waals surface area contributed by atoms with E-state index in [2.05, 4.69) is 16.0 Å². The van der Waals surface area contributed by atoms with Gasteiger partial charge in [0, 0.05) is 23.6 Å². The highest BCUT2D eigenvalue weighted by molar-refractivity contribution is 6.30. The first-order chi connectivity index (χ1) is 12.0. The van der Waals surface area contributed by atoms with E-state index in [1.54, 1.807) is 36.4 Å². The predicted molar refractivity (Wildman–Crippen MR) is 92.0 cm³/mol. The molecular formula is C17H18ClN3O4. The summed E-state index contributed by atoms with van der Waals surface area (Å²) >= 11 is 5.75. The Morgan fingerprint density at radius 3 is 2.40 bits per heavy atom. The quantitative estimate of drug-likeness (QED) is 0.661. The number of carbonyl (C=O) groups is 3. The van der Waals surface area contributed by atoms with Gasteiger partial charge < -0.3 is 20.4 Å². The van der Waals surface area contributed by atoms with Gasteiger partial charge in [-0.15, -0.1) is 0 Å². The van der Waals surface area contributed by atoms with Crippen LogP contribution in [0.1, 0.15) is 22.5 Å². The molecule has 0 radical (unpaired) electrons. The third-order valence-electron chi connectivity index (χ3n) is 3.23. The molecule has 1 aromatic heterocycles. The van der Waals surface area contributed by atoms with Crippen LogP contribution in [-0.4, -0.2) is 30.8 Å². The van der Waals surface area contributed by atoms with E-state index in [1.165, 1.54) is 6.26 Å².